The Morgan fingerprint density at radius 3 is 2.47 bits per heavy atom. The SMILES string of the molecule is CCOC(=O)c1c(NC(=O)c2cn(-c3ccccc3)nc2-c2ccccc2)sc2c1CCCC2. The fourth-order valence-corrected chi connectivity index (χ4v) is 5.58. The van der Waals surface area contributed by atoms with E-state index in [-0.39, 0.29) is 11.9 Å². The summed E-state index contributed by atoms with van der Waals surface area (Å²) >= 11 is 1.48. The number of thiophene rings is 1. The lowest BCUT2D eigenvalue weighted by Gasteiger charge is -2.12. The van der Waals surface area contributed by atoms with E-state index in [2.05, 4.69) is 5.32 Å². The van der Waals surface area contributed by atoms with Gasteiger partial charge in [-0.25, -0.2) is 9.48 Å². The minimum absolute atomic E-state index is 0.291. The first-order chi connectivity index (χ1) is 16.7. The van der Waals surface area contributed by atoms with Crippen molar-refractivity contribution in [3.8, 4) is 16.9 Å². The number of anilines is 1. The molecule has 0 saturated carbocycles. The van der Waals surface area contributed by atoms with Crippen molar-refractivity contribution in [3.05, 3.63) is 88.4 Å². The van der Waals surface area contributed by atoms with Crippen LogP contribution in [0.3, 0.4) is 0 Å². The second-order valence-electron chi connectivity index (χ2n) is 8.13. The van der Waals surface area contributed by atoms with Crippen LogP contribution in [0.4, 0.5) is 5.00 Å². The van der Waals surface area contributed by atoms with Gasteiger partial charge >= 0.3 is 5.97 Å². The highest BCUT2D eigenvalue weighted by Crippen LogP contribution is 2.39. The van der Waals surface area contributed by atoms with Crippen LogP contribution in [0, 0.1) is 0 Å². The molecule has 0 spiro atoms. The number of hydrogen-bond donors (Lipinski definition) is 1. The van der Waals surface area contributed by atoms with E-state index in [0.29, 0.717) is 28.4 Å². The summed E-state index contributed by atoms with van der Waals surface area (Å²) < 4.78 is 7.05. The molecule has 0 unspecified atom stereocenters. The zero-order valence-corrected chi connectivity index (χ0v) is 19.7. The largest absolute Gasteiger partial charge is 0.462 e. The fraction of sp³-hybridized carbons (Fsp3) is 0.222. The van der Waals surface area contributed by atoms with Crippen molar-refractivity contribution >= 4 is 28.2 Å². The minimum atomic E-state index is -0.375. The predicted molar refractivity (Wildman–Crippen MR) is 134 cm³/mol. The Hall–Kier alpha value is -3.71. The lowest BCUT2D eigenvalue weighted by molar-refractivity contribution is 0.0526. The van der Waals surface area contributed by atoms with Gasteiger partial charge in [-0.1, -0.05) is 48.5 Å². The molecule has 1 amide bonds. The maximum Gasteiger partial charge on any atom is 0.341 e. The molecular weight excluding hydrogens is 446 g/mol. The Balaban J connectivity index is 1.55. The van der Waals surface area contributed by atoms with Gasteiger partial charge < -0.3 is 10.1 Å². The molecule has 0 bridgehead atoms. The highest BCUT2D eigenvalue weighted by molar-refractivity contribution is 7.17. The van der Waals surface area contributed by atoms with Crippen molar-refractivity contribution in [1.82, 2.24) is 9.78 Å². The van der Waals surface area contributed by atoms with Crippen molar-refractivity contribution in [1.29, 1.82) is 0 Å². The predicted octanol–water partition coefficient (Wildman–Crippen LogP) is 5.91. The number of aryl methyl sites for hydroxylation is 1. The standard InChI is InChI=1S/C27H25N3O3S/c1-2-33-27(32)23-20-15-9-10-16-22(20)34-26(23)28-25(31)21-17-30(19-13-7-4-8-14-19)29-24(21)18-11-5-3-6-12-18/h3-8,11-14,17H,2,9-10,15-16H2,1H3,(H,28,31). The first-order valence-electron chi connectivity index (χ1n) is 11.5. The van der Waals surface area contributed by atoms with Gasteiger partial charge in [-0.2, -0.15) is 5.10 Å². The zero-order chi connectivity index (χ0) is 23.5. The molecule has 34 heavy (non-hydrogen) atoms. The smallest absolute Gasteiger partial charge is 0.341 e. The van der Waals surface area contributed by atoms with Crippen LogP contribution in [0.2, 0.25) is 0 Å². The van der Waals surface area contributed by atoms with Crippen molar-refractivity contribution < 1.29 is 14.3 Å². The van der Waals surface area contributed by atoms with E-state index in [0.717, 1.165) is 47.4 Å². The zero-order valence-electron chi connectivity index (χ0n) is 18.9. The Bertz CT molecular complexity index is 1330. The fourth-order valence-electron chi connectivity index (χ4n) is 4.31. The molecule has 7 heteroatoms. The molecule has 0 radical (unpaired) electrons. The lowest BCUT2D eigenvalue weighted by atomic mass is 9.95. The van der Waals surface area contributed by atoms with Gasteiger partial charge in [-0.15, -0.1) is 11.3 Å². The number of nitrogens with one attached hydrogen (secondary N) is 1. The Morgan fingerprint density at radius 2 is 1.74 bits per heavy atom. The molecule has 2 aromatic heterocycles. The molecule has 5 rings (SSSR count). The van der Waals surface area contributed by atoms with E-state index in [4.69, 9.17) is 9.84 Å². The van der Waals surface area contributed by atoms with Crippen LogP contribution in [-0.2, 0) is 17.6 Å². The summed E-state index contributed by atoms with van der Waals surface area (Å²) in [6, 6.07) is 19.3. The highest BCUT2D eigenvalue weighted by atomic mass is 32.1. The Labute approximate surface area is 202 Å². The van der Waals surface area contributed by atoms with Crippen LogP contribution in [-0.4, -0.2) is 28.3 Å². The number of rotatable bonds is 6. The average molecular weight is 472 g/mol. The second-order valence-corrected chi connectivity index (χ2v) is 9.23. The third-order valence-electron chi connectivity index (χ3n) is 5.90. The second kappa shape index (κ2) is 9.65. The number of para-hydroxylation sites is 1. The van der Waals surface area contributed by atoms with E-state index in [9.17, 15) is 9.59 Å². The van der Waals surface area contributed by atoms with E-state index >= 15 is 0 Å². The molecule has 1 aliphatic carbocycles. The van der Waals surface area contributed by atoms with Crippen molar-refractivity contribution in [2.75, 3.05) is 11.9 Å². The van der Waals surface area contributed by atoms with Gasteiger partial charge in [0.1, 0.15) is 10.7 Å². The van der Waals surface area contributed by atoms with Crippen LogP contribution in [0.25, 0.3) is 16.9 Å². The van der Waals surface area contributed by atoms with Gasteiger partial charge in [0, 0.05) is 16.6 Å². The van der Waals surface area contributed by atoms with E-state index in [1.54, 1.807) is 17.8 Å². The normalized spacial score (nSPS) is 12.7. The van der Waals surface area contributed by atoms with Crippen LogP contribution in [0.15, 0.2) is 66.9 Å². The third-order valence-corrected chi connectivity index (χ3v) is 7.11. The molecule has 0 atom stereocenters. The third kappa shape index (κ3) is 4.26. The molecule has 2 aromatic carbocycles. The summed E-state index contributed by atoms with van der Waals surface area (Å²) in [6.45, 7) is 2.08. The van der Waals surface area contributed by atoms with Crippen molar-refractivity contribution in [3.63, 3.8) is 0 Å². The van der Waals surface area contributed by atoms with E-state index < -0.39 is 0 Å². The van der Waals surface area contributed by atoms with Gasteiger partial charge in [0.05, 0.1) is 23.4 Å². The summed E-state index contributed by atoms with van der Waals surface area (Å²) in [4.78, 5) is 27.6. The van der Waals surface area contributed by atoms with Gasteiger partial charge in [0.25, 0.3) is 5.91 Å². The summed E-state index contributed by atoms with van der Waals surface area (Å²) in [5.41, 5.74) is 4.26. The molecule has 1 aliphatic rings. The highest BCUT2D eigenvalue weighted by Gasteiger charge is 2.28. The monoisotopic (exact) mass is 471 g/mol. The maximum atomic E-state index is 13.6. The first-order valence-corrected chi connectivity index (χ1v) is 12.3. The lowest BCUT2D eigenvalue weighted by Crippen LogP contribution is -2.16. The summed E-state index contributed by atoms with van der Waals surface area (Å²) in [5, 5.41) is 8.31. The molecular formula is C27H25N3O3S. The van der Waals surface area contributed by atoms with Crippen LogP contribution in [0.5, 0.6) is 0 Å². The van der Waals surface area contributed by atoms with Gasteiger partial charge in [-0.3, -0.25) is 4.79 Å². The van der Waals surface area contributed by atoms with E-state index in [1.807, 2.05) is 60.7 Å². The van der Waals surface area contributed by atoms with Crippen LogP contribution >= 0.6 is 11.3 Å². The number of ether oxygens (including phenoxy) is 1. The molecule has 0 fully saturated rings. The summed E-state index contributed by atoms with van der Waals surface area (Å²) in [5.74, 6) is -0.675. The van der Waals surface area contributed by atoms with E-state index in [1.165, 1.54) is 11.3 Å². The number of esters is 1. The Kier molecular flexibility index (Phi) is 6.27. The maximum absolute atomic E-state index is 13.6. The number of amides is 1. The first kappa shape index (κ1) is 22.1. The minimum Gasteiger partial charge on any atom is -0.462 e. The van der Waals surface area contributed by atoms with Gasteiger partial charge in [0.2, 0.25) is 0 Å². The van der Waals surface area contributed by atoms with Gasteiger partial charge in [-0.05, 0) is 50.3 Å². The quantitative estimate of drug-likeness (QED) is 0.355. The number of aromatic nitrogens is 2. The number of hydrogen-bond acceptors (Lipinski definition) is 5. The average Bonchev–Trinajstić information content (AvgIpc) is 3.47. The number of benzene rings is 2. The topological polar surface area (TPSA) is 73.2 Å². The molecule has 1 N–H and O–H groups in total. The number of nitrogens with zero attached hydrogens (tertiary/aromatic N) is 2. The molecule has 172 valence electrons. The molecule has 4 aromatic rings. The Morgan fingerprint density at radius 1 is 1.03 bits per heavy atom. The van der Waals surface area contributed by atoms with Crippen LogP contribution < -0.4 is 5.32 Å². The van der Waals surface area contributed by atoms with Crippen LogP contribution in [0.1, 0.15) is 50.9 Å². The number of carbonyl (C=O) groups is 2. The number of carbonyl (C=O) groups excluding carboxylic acids is 2. The number of fused-ring (bicyclic) bond motifs is 1. The summed E-state index contributed by atoms with van der Waals surface area (Å²) in [6.07, 6.45) is 5.61. The van der Waals surface area contributed by atoms with Crippen molar-refractivity contribution in [2.45, 2.75) is 32.6 Å². The molecule has 0 aliphatic heterocycles. The summed E-state index contributed by atoms with van der Waals surface area (Å²) in [7, 11) is 0. The molecule has 6 nitrogen and oxygen atoms in total. The molecule has 0 saturated heterocycles. The van der Waals surface area contributed by atoms with Gasteiger partial charge in [0.15, 0.2) is 0 Å². The molecule has 2 heterocycles. The van der Waals surface area contributed by atoms with Crippen molar-refractivity contribution in [2.24, 2.45) is 0 Å².